The van der Waals surface area contributed by atoms with E-state index in [9.17, 15) is 9.90 Å². The van der Waals surface area contributed by atoms with Crippen LogP contribution in [0, 0.1) is 11.8 Å². The van der Waals surface area contributed by atoms with Crippen LogP contribution in [0.1, 0.15) is 52.4 Å². The van der Waals surface area contributed by atoms with Crippen LogP contribution in [0.5, 0.6) is 0 Å². The molecule has 0 aliphatic carbocycles. The third-order valence-corrected chi connectivity index (χ3v) is 2.67. The first-order valence-corrected chi connectivity index (χ1v) is 7.25. The van der Waals surface area contributed by atoms with Crippen molar-refractivity contribution in [3.63, 3.8) is 0 Å². The fourth-order valence-corrected chi connectivity index (χ4v) is 1.61. The van der Waals surface area contributed by atoms with Gasteiger partial charge in [0.15, 0.2) is 6.10 Å². The number of rotatable bonds is 9. The first-order valence-electron chi connectivity index (χ1n) is 7.25. The summed E-state index contributed by atoms with van der Waals surface area (Å²) in [6.07, 6.45) is 10.7. The third-order valence-electron chi connectivity index (χ3n) is 2.67. The van der Waals surface area contributed by atoms with Crippen molar-refractivity contribution >= 4 is 5.97 Å². The Morgan fingerprint density at radius 3 is 2.60 bits per heavy atom. The van der Waals surface area contributed by atoms with Crippen molar-refractivity contribution in [1.82, 2.24) is 0 Å². The Morgan fingerprint density at radius 2 is 2.00 bits per heavy atom. The molecule has 0 saturated carbocycles. The monoisotopic (exact) mass is 278 g/mol. The maximum atomic E-state index is 11.0. The van der Waals surface area contributed by atoms with Gasteiger partial charge in [0.05, 0.1) is 0 Å². The zero-order valence-corrected chi connectivity index (χ0v) is 12.6. The van der Waals surface area contributed by atoms with E-state index >= 15 is 0 Å². The summed E-state index contributed by atoms with van der Waals surface area (Å²) in [7, 11) is 0. The van der Waals surface area contributed by atoms with Gasteiger partial charge in [-0.1, -0.05) is 63.2 Å². The minimum atomic E-state index is -0.893. The van der Waals surface area contributed by atoms with E-state index in [0.717, 1.165) is 12.8 Å². The van der Waals surface area contributed by atoms with Gasteiger partial charge in [-0.15, -0.1) is 0 Å². The highest BCUT2D eigenvalue weighted by Gasteiger charge is 2.03. The Bertz CT molecular complexity index is 360. The number of ether oxygens (including phenoxy) is 1. The summed E-state index contributed by atoms with van der Waals surface area (Å²) in [5.74, 6) is 4.89. The first kappa shape index (κ1) is 18.5. The lowest BCUT2D eigenvalue weighted by Crippen LogP contribution is -2.12. The molecule has 0 fully saturated rings. The van der Waals surface area contributed by atoms with Crippen molar-refractivity contribution in [1.29, 1.82) is 0 Å². The highest BCUT2D eigenvalue weighted by atomic mass is 16.5. The van der Waals surface area contributed by atoms with Gasteiger partial charge in [-0.25, -0.2) is 0 Å². The molecule has 0 saturated heterocycles. The number of carbonyl (C=O) groups is 1. The fraction of sp³-hybridized carbons (Fsp3) is 0.588. The van der Waals surface area contributed by atoms with E-state index in [2.05, 4.69) is 25.3 Å². The molecule has 0 rings (SSSR count). The summed E-state index contributed by atoms with van der Waals surface area (Å²) < 4.78 is 5.05. The molecule has 0 unspecified atom stereocenters. The van der Waals surface area contributed by atoms with Crippen molar-refractivity contribution in [2.75, 3.05) is 0 Å². The molecule has 112 valence electrons. The van der Waals surface area contributed by atoms with E-state index < -0.39 is 12.2 Å². The van der Waals surface area contributed by atoms with E-state index in [1.54, 1.807) is 6.08 Å². The van der Waals surface area contributed by atoms with Gasteiger partial charge >= 0.3 is 5.97 Å². The molecule has 0 aromatic heterocycles. The Labute approximate surface area is 122 Å². The van der Waals surface area contributed by atoms with Gasteiger partial charge in [0.2, 0.25) is 0 Å². The molecule has 0 spiro atoms. The molecule has 3 heteroatoms. The van der Waals surface area contributed by atoms with Gasteiger partial charge in [-0.05, 0) is 18.9 Å². The summed E-state index contributed by atoms with van der Waals surface area (Å²) in [5.41, 5.74) is 0. The van der Waals surface area contributed by atoms with Gasteiger partial charge in [0.25, 0.3) is 0 Å². The van der Waals surface area contributed by atoms with Crippen molar-refractivity contribution in [3.05, 3.63) is 24.8 Å². The Kier molecular flexibility index (Phi) is 11.5. The van der Waals surface area contributed by atoms with Gasteiger partial charge in [0.1, 0.15) is 6.10 Å². The van der Waals surface area contributed by atoms with Gasteiger partial charge in [-0.2, -0.15) is 0 Å². The molecular weight excluding hydrogens is 252 g/mol. The summed E-state index contributed by atoms with van der Waals surface area (Å²) in [6, 6.07) is 0. The molecule has 0 heterocycles. The fourth-order valence-electron chi connectivity index (χ4n) is 1.61. The lowest BCUT2D eigenvalue weighted by molar-refractivity contribution is -0.142. The smallest absolute Gasteiger partial charge is 0.304 e. The number of unbranched alkanes of at least 4 members (excludes halogenated alkanes) is 5. The van der Waals surface area contributed by atoms with Crippen LogP contribution in [0.2, 0.25) is 0 Å². The lowest BCUT2D eigenvalue weighted by atomic mass is 10.1. The summed E-state index contributed by atoms with van der Waals surface area (Å²) >= 11 is 0. The van der Waals surface area contributed by atoms with Crippen molar-refractivity contribution < 1.29 is 14.6 Å². The van der Waals surface area contributed by atoms with Crippen molar-refractivity contribution in [2.24, 2.45) is 0 Å². The van der Waals surface area contributed by atoms with Gasteiger partial charge in [0, 0.05) is 6.92 Å². The summed E-state index contributed by atoms with van der Waals surface area (Å²) in [5, 5.41) is 9.28. The molecule has 0 radical (unpaired) electrons. The second kappa shape index (κ2) is 12.5. The molecular formula is C17H26O3. The van der Waals surface area contributed by atoms with Gasteiger partial charge < -0.3 is 9.84 Å². The minimum absolute atomic E-state index is 0.384. The highest BCUT2D eigenvalue weighted by molar-refractivity contribution is 5.66. The van der Waals surface area contributed by atoms with Crippen LogP contribution in [0.4, 0.5) is 0 Å². The largest absolute Gasteiger partial charge is 0.445 e. The second-order valence-electron chi connectivity index (χ2n) is 4.63. The Morgan fingerprint density at radius 1 is 1.30 bits per heavy atom. The highest BCUT2D eigenvalue weighted by Crippen LogP contribution is 2.06. The lowest BCUT2D eigenvalue weighted by Gasteiger charge is -2.06. The SMILES string of the molecule is C=C[C@H](O)C#C[C@H](/C=C\CCCCCCC)OC(C)=O. The number of esters is 1. The molecule has 0 aromatic carbocycles. The predicted molar refractivity (Wildman–Crippen MR) is 82.0 cm³/mol. The first-order chi connectivity index (χ1) is 9.60. The van der Waals surface area contributed by atoms with E-state index in [1.165, 1.54) is 38.7 Å². The van der Waals surface area contributed by atoms with Crippen LogP contribution in [-0.4, -0.2) is 23.3 Å². The quantitative estimate of drug-likeness (QED) is 0.304. The number of aliphatic hydroxyl groups is 1. The van der Waals surface area contributed by atoms with Gasteiger partial charge in [-0.3, -0.25) is 4.79 Å². The molecule has 0 bridgehead atoms. The normalized spacial score (nSPS) is 13.3. The molecule has 0 aliphatic heterocycles. The second-order valence-corrected chi connectivity index (χ2v) is 4.63. The summed E-state index contributed by atoms with van der Waals surface area (Å²) in [6.45, 7) is 6.97. The Hall–Kier alpha value is -1.53. The van der Waals surface area contributed by atoms with Crippen LogP contribution in [-0.2, 0) is 9.53 Å². The molecule has 0 amide bonds. The molecule has 2 atom stereocenters. The summed E-state index contributed by atoms with van der Waals surface area (Å²) in [4.78, 5) is 11.0. The molecule has 3 nitrogen and oxygen atoms in total. The molecule has 20 heavy (non-hydrogen) atoms. The topological polar surface area (TPSA) is 46.5 Å². The van der Waals surface area contributed by atoms with E-state index in [4.69, 9.17) is 4.74 Å². The van der Waals surface area contributed by atoms with Crippen LogP contribution >= 0.6 is 0 Å². The van der Waals surface area contributed by atoms with E-state index in [1.807, 2.05) is 6.08 Å². The molecule has 0 aliphatic rings. The minimum Gasteiger partial charge on any atom is -0.445 e. The maximum absolute atomic E-state index is 11.0. The average Bonchev–Trinajstić information content (AvgIpc) is 2.42. The van der Waals surface area contributed by atoms with Crippen LogP contribution in [0.3, 0.4) is 0 Å². The average molecular weight is 278 g/mol. The zero-order valence-electron chi connectivity index (χ0n) is 12.6. The van der Waals surface area contributed by atoms with E-state index in [0.29, 0.717) is 0 Å². The van der Waals surface area contributed by atoms with E-state index in [-0.39, 0.29) is 5.97 Å². The molecule has 0 aromatic rings. The van der Waals surface area contributed by atoms with Crippen molar-refractivity contribution in [2.45, 2.75) is 64.6 Å². The standard InChI is InChI=1S/C17H26O3/c1-4-6-7-8-9-10-11-12-17(20-15(3)18)14-13-16(19)5-2/h5,11-12,16-17,19H,2,4,6-10H2,1,3H3/b12-11-/t16-,17-/m0/s1. The van der Waals surface area contributed by atoms with Crippen LogP contribution < -0.4 is 0 Å². The molecule has 1 N–H and O–H groups in total. The zero-order chi connectivity index (χ0) is 15.2. The number of aliphatic hydroxyl groups excluding tert-OH is 1. The number of hydrogen-bond acceptors (Lipinski definition) is 3. The van der Waals surface area contributed by atoms with Crippen molar-refractivity contribution in [3.8, 4) is 11.8 Å². The number of allylic oxidation sites excluding steroid dienone is 1. The predicted octanol–water partition coefficient (Wildman–Crippen LogP) is 3.39. The number of carbonyl (C=O) groups excluding carboxylic acids is 1. The van der Waals surface area contributed by atoms with Crippen LogP contribution in [0.15, 0.2) is 24.8 Å². The third kappa shape index (κ3) is 11.6. The maximum Gasteiger partial charge on any atom is 0.304 e. The number of hydrogen-bond donors (Lipinski definition) is 1. The Balaban J connectivity index is 4.17. The van der Waals surface area contributed by atoms with Crippen LogP contribution in [0.25, 0.3) is 0 Å².